The number of ether oxygens (including phenoxy) is 1. The molecule has 0 atom stereocenters. The normalized spacial score (nSPS) is 12.1. The Kier molecular flexibility index (Phi) is 3.30. The van der Waals surface area contributed by atoms with Gasteiger partial charge in [-0.1, -0.05) is 34.1 Å². The van der Waals surface area contributed by atoms with Crippen molar-refractivity contribution in [2.45, 2.75) is 13.5 Å². The maximum Gasteiger partial charge on any atom is 0.311 e. The molecule has 3 heterocycles. The molecule has 5 rings (SSSR count). The third kappa shape index (κ3) is 2.08. The number of nitrogens with zero attached hydrogens (tertiary/aromatic N) is 3. The molecule has 1 aliphatic rings. The van der Waals surface area contributed by atoms with Crippen LogP contribution in [-0.2, 0) is 6.54 Å². The van der Waals surface area contributed by atoms with Crippen LogP contribution >= 0.6 is 15.9 Å². The first-order valence-electron chi connectivity index (χ1n) is 8.36. The lowest BCUT2D eigenvalue weighted by molar-refractivity contribution is 0.459. The van der Waals surface area contributed by atoms with Crippen LogP contribution in [0.25, 0.3) is 27.8 Å². The number of hydrogen-bond acceptors (Lipinski definition) is 3. The van der Waals surface area contributed by atoms with Crippen molar-refractivity contribution in [1.29, 1.82) is 0 Å². The van der Waals surface area contributed by atoms with Crippen molar-refractivity contribution in [3.63, 3.8) is 0 Å². The minimum atomic E-state index is -0.232. The monoisotopic (exact) mass is 407 g/mol. The van der Waals surface area contributed by atoms with Gasteiger partial charge in [-0.05, 0) is 37.3 Å². The second-order valence-corrected chi connectivity index (χ2v) is 7.06. The molecule has 128 valence electrons. The van der Waals surface area contributed by atoms with Crippen molar-refractivity contribution < 1.29 is 4.74 Å². The Morgan fingerprint density at radius 2 is 2.00 bits per heavy atom. The van der Waals surface area contributed by atoms with Gasteiger partial charge in [0.05, 0.1) is 17.4 Å². The van der Waals surface area contributed by atoms with Crippen LogP contribution in [0.4, 0.5) is 0 Å². The van der Waals surface area contributed by atoms with Gasteiger partial charge in [-0.3, -0.25) is 4.79 Å². The van der Waals surface area contributed by atoms with Crippen LogP contribution < -0.4 is 10.3 Å². The predicted molar refractivity (Wildman–Crippen MR) is 104 cm³/mol. The lowest BCUT2D eigenvalue weighted by atomic mass is 10.1. The molecular weight excluding hydrogens is 394 g/mol. The van der Waals surface area contributed by atoms with E-state index in [1.165, 1.54) is 4.68 Å². The van der Waals surface area contributed by atoms with Gasteiger partial charge in [0.2, 0.25) is 5.75 Å². The third-order valence-corrected chi connectivity index (χ3v) is 5.15. The van der Waals surface area contributed by atoms with Crippen molar-refractivity contribution in [1.82, 2.24) is 14.3 Å². The molecular formula is C20H14BrN3O2. The molecule has 0 aliphatic carbocycles. The summed E-state index contributed by atoms with van der Waals surface area (Å²) < 4.78 is 10.5. The number of aryl methyl sites for hydroxylation is 1. The van der Waals surface area contributed by atoms with E-state index < -0.39 is 0 Å². The number of fused-ring (bicyclic) bond motifs is 7. The second kappa shape index (κ2) is 5.57. The zero-order valence-corrected chi connectivity index (χ0v) is 15.5. The molecule has 0 saturated carbocycles. The molecule has 0 spiro atoms. The quantitative estimate of drug-likeness (QED) is 0.403. The highest BCUT2D eigenvalue weighted by molar-refractivity contribution is 9.10. The maximum absolute atomic E-state index is 12.9. The fraction of sp³-hybridized carbons (Fsp3) is 0.100. The molecule has 0 unspecified atom stereocenters. The van der Waals surface area contributed by atoms with Gasteiger partial charge in [-0.25, -0.2) is 4.68 Å². The molecule has 4 aromatic rings. The topological polar surface area (TPSA) is 49.1 Å². The molecule has 0 fully saturated rings. The van der Waals surface area contributed by atoms with Crippen LogP contribution in [0.15, 0.2) is 64.0 Å². The minimum absolute atomic E-state index is 0.232. The van der Waals surface area contributed by atoms with Crippen LogP contribution in [0.2, 0.25) is 0 Å². The predicted octanol–water partition coefficient (Wildman–Crippen LogP) is 4.74. The number of hydrogen-bond donors (Lipinski definition) is 0. The molecule has 0 bridgehead atoms. The van der Waals surface area contributed by atoms with E-state index in [0.29, 0.717) is 23.7 Å². The summed E-state index contributed by atoms with van der Waals surface area (Å²) in [6.07, 6.45) is 1.71. The Hall–Kier alpha value is -2.86. The summed E-state index contributed by atoms with van der Waals surface area (Å²) in [4.78, 5) is 12.9. The first-order chi connectivity index (χ1) is 12.7. The molecule has 0 saturated heterocycles. The van der Waals surface area contributed by atoms with E-state index in [-0.39, 0.29) is 5.56 Å². The van der Waals surface area contributed by atoms with Crippen molar-refractivity contribution >= 4 is 26.8 Å². The SMILES string of the molecule is CCn1ncc2c(c1=O)Oc1ccc(Br)cc1-c1cc3ccccc3n1-2. The zero-order valence-electron chi connectivity index (χ0n) is 13.9. The van der Waals surface area contributed by atoms with E-state index in [1.807, 2.05) is 43.3 Å². The van der Waals surface area contributed by atoms with Gasteiger partial charge >= 0.3 is 5.56 Å². The summed E-state index contributed by atoms with van der Waals surface area (Å²) in [5.41, 5.74) is 3.33. The average Bonchev–Trinajstić information content (AvgIpc) is 2.97. The lowest BCUT2D eigenvalue weighted by Crippen LogP contribution is -2.24. The number of para-hydroxylation sites is 1. The van der Waals surface area contributed by atoms with Crippen molar-refractivity contribution in [3.05, 3.63) is 69.6 Å². The molecule has 0 amide bonds. The van der Waals surface area contributed by atoms with Gasteiger partial charge < -0.3 is 9.30 Å². The van der Waals surface area contributed by atoms with Crippen LogP contribution in [0.5, 0.6) is 11.5 Å². The Morgan fingerprint density at radius 1 is 1.15 bits per heavy atom. The van der Waals surface area contributed by atoms with E-state index in [0.717, 1.165) is 26.6 Å². The van der Waals surface area contributed by atoms with Gasteiger partial charge in [-0.2, -0.15) is 5.10 Å². The third-order valence-electron chi connectivity index (χ3n) is 4.66. The molecule has 2 aromatic heterocycles. The van der Waals surface area contributed by atoms with Gasteiger partial charge in [0.25, 0.3) is 0 Å². The first-order valence-corrected chi connectivity index (χ1v) is 9.15. The van der Waals surface area contributed by atoms with Gasteiger partial charge in [0.15, 0.2) is 0 Å². The Labute approximate surface area is 157 Å². The number of aromatic nitrogens is 3. The number of halogens is 1. The van der Waals surface area contributed by atoms with E-state index in [1.54, 1.807) is 6.20 Å². The van der Waals surface area contributed by atoms with E-state index >= 15 is 0 Å². The second-order valence-electron chi connectivity index (χ2n) is 6.15. The standard InChI is InChI=1S/C20H14BrN3O2/c1-2-23-20(25)19-17(11-22-23)24-15-6-4-3-5-12(15)9-16(24)14-10-13(21)7-8-18(14)26-19/h3-11H,2H2,1H3. The maximum atomic E-state index is 12.9. The summed E-state index contributed by atoms with van der Waals surface area (Å²) in [6, 6.07) is 16.0. The van der Waals surface area contributed by atoms with Crippen LogP contribution in [0.1, 0.15) is 6.92 Å². The number of rotatable bonds is 1. The molecule has 2 aromatic carbocycles. The molecule has 1 aliphatic heterocycles. The minimum Gasteiger partial charge on any atom is -0.448 e. The van der Waals surface area contributed by atoms with Gasteiger partial charge in [-0.15, -0.1) is 0 Å². The van der Waals surface area contributed by atoms with Gasteiger partial charge in [0.1, 0.15) is 11.4 Å². The van der Waals surface area contributed by atoms with Gasteiger partial charge in [0, 0.05) is 22.0 Å². The van der Waals surface area contributed by atoms with Crippen LogP contribution in [-0.4, -0.2) is 14.3 Å². The summed E-state index contributed by atoms with van der Waals surface area (Å²) in [5, 5.41) is 5.41. The largest absolute Gasteiger partial charge is 0.448 e. The van der Waals surface area contributed by atoms with Crippen molar-refractivity contribution in [2.75, 3.05) is 0 Å². The molecule has 26 heavy (non-hydrogen) atoms. The fourth-order valence-electron chi connectivity index (χ4n) is 3.46. The summed E-state index contributed by atoms with van der Waals surface area (Å²) >= 11 is 3.54. The Morgan fingerprint density at radius 3 is 2.85 bits per heavy atom. The van der Waals surface area contributed by atoms with E-state index in [9.17, 15) is 4.79 Å². The lowest BCUT2D eigenvalue weighted by Gasteiger charge is -2.11. The summed E-state index contributed by atoms with van der Waals surface area (Å²) in [6.45, 7) is 2.38. The molecule has 0 N–H and O–H groups in total. The summed E-state index contributed by atoms with van der Waals surface area (Å²) in [5.74, 6) is 0.951. The van der Waals surface area contributed by atoms with E-state index in [2.05, 4.69) is 37.7 Å². The first kappa shape index (κ1) is 15.4. The van der Waals surface area contributed by atoms with Crippen LogP contribution in [0, 0.1) is 0 Å². The Balaban J connectivity index is 1.98. The highest BCUT2D eigenvalue weighted by Crippen LogP contribution is 2.43. The van der Waals surface area contributed by atoms with Crippen LogP contribution in [0.3, 0.4) is 0 Å². The molecule has 0 radical (unpaired) electrons. The highest BCUT2D eigenvalue weighted by Gasteiger charge is 2.26. The highest BCUT2D eigenvalue weighted by atomic mass is 79.9. The zero-order chi connectivity index (χ0) is 17.8. The number of benzene rings is 2. The fourth-order valence-corrected chi connectivity index (χ4v) is 3.82. The summed E-state index contributed by atoms with van der Waals surface area (Å²) in [7, 11) is 0. The smallest absolute Gasteiger partial charge is 0.311 e. The average molecular weight is 408 g/mol. The van der Waals surface area contributed by atoms with E-state index in [4.69, 9.17) is 4.74 Å². The molecule has 6 heteroatoms. The van der Waals surface area contributed by atoms with Crippen molar-refractivity contribution in [2.24, 2.45) is 0 Å². The van der Waals surface area contributed by atoms with Crippen molar-refractivity contribution in [3.8, 4) is 28.4 Å². The Bertz CT molecular complexity index is 1240. The molecule has 5 nitrogen and oxygen atoms in total.